The van der Waals surface area contributed by atoms with Crippen molar-refractivity contribution in [3.63, 3.8) is 0 Å². The monoisotopic (exact) mass is 432 g/mol. The Hall–Kier alpha value is -4.03. The van der Waals surface area contributed by atoms with Gasteiger partial charge in [-0.15, -0.1) is 0 Å². The van der Waals surface area contributed by atoms with Crippen LogP contribution in [0.5, 0.6) is 5.75 Å². The van der Waals surface area contributed by atoms with Crippen molar-refractivity contribution in [3.8, 4) is 23.1 Å². The zero-order chi connectivity index (χ0) is 22.9. The number of rotatable bonds is 4. The van der Waals surface area contributed by atoms with Gasteiger partial charge in [-0.2, -0.15) is 5.26 Å². The first-order valence-electron chi connectivity index (χ1n) is 10.1. The summed E-state index contributed by atoms with van der Waals surface area (Å²) in [5, 5.41) is 30.1. The number of phenols is 1. The Balaban J connectivity index is 0.000000269. The van der Waals surface area contributed by atoms with Crippen molar-refractivity contribution < 1.29 is 15.0 Å². The number of anilines is 2. The number of aromatic hydroxyl groups is 1. The van der Waals surface area contributed by atoms with Crippen LogP contribution in [0.25, 0.3) is 11.3 Å². The quantitative estimate of drug-likeness (QED) is 0.573. The third-order valence-electron chi connectivity index (χ3n) is 4.83. The topological polar surface area (TPSA) is 135 Å². The summed E-state index contributed by atoms with van der Waals surface area (Å²) in [7, 11) is 0. The zero-order valence-corrected chi connectivity index (χ0v) is 17.7. The molecule has 0 bridgehead atoms. The number of nitriles is 1. The van der Waals surface area contributed by atoms with Crippen molar-refractivity contribution >= 4 is 17.5 Å². The van der Waals surface area contributed by atoms with Gasteiger partial charge in [0.1, 0.15) is 18.4 Å². The van der Waals surface area contributed by atoms with E-state index in [0.29, 0.717) is 11.6 Å². The fourth-order valence-corrected chi connectivity index (χ4v) is 3.10. The number of nitrogens with one attached hydrogen (secondary N) is 1. The van der Waals surface area contributed by atoms with Gasteiger partial charge >= 0.3 is 0 Å². The molecule has 0 radical (unpaired) electrons. The number of carbonyl (C=O) groups is 1. The summed E-state index contributed by atoms with van der Waals surface area (Å²) >= 11 is 0. The van der Waals surface area contributed by atoms with Crippen LogP contribution in [-0.4, -0.2) is 55.7 Å². The number of hydrogen-bond donors (Lipinski definition) is 3. The Bertz CT molecular complexity index is 1110. The van der Waals surface area contributed by atoms with E-state index in [1.54, 1.807) is 35.5 Å². The van der Waals surface area contributed by atoms with Gasteiger partial charge in [-0.1, -0.05) is 0 Å². The van der Waals surface area contributed by atoms with E-state index < -0.39 is 0 Å². The van der Waals surface area contributed by atoms with Crippen LogP contribution < -0.4 is 5.32 Å². The van der Waals surface area contributed by atoms with Gasteiger partial charge in [0.2, 0.25) is 11.9 Å². The molecule has 1 aliphatic heterocycles. The van der Waals surface area contributed by atoms with Gasteiger partial charge in [-0.3, -0.25) is 9.78 Å². The number of aliphatic hydroxyl groups is 1. The highest BCUT2D eigenvalue weighted by molar-refractivity contribution is 5.77. The van der Waals surface area contributed by atoms with Gasteiger partial charge in [-0.05, 0) is 56.2 Å². The Labute approximate surface area is 186 Å². The number of aromatic nitrogens is 3. The highest BCUT2D eigenvalue weighted by atomic mass is 16.3. The number of amides is 1. The highest BCUT2D eigenvalue weighted by Gasteiger charge is 2.15. The molecule has 1 fully saturated rings. The molecule has 0 spiro atoms. The summed E-state index contributed by atoms with van der Waals surface area (Å²) in [6.45, 7) is 3.25. The molecule has 32 heavy (non-hydrogen) atoms. The van der Waals surface area contributed by atoms with E-state index >= 15 is 0 Å². The lowest BCUT2D eigenvalue weighted by Crippen LogP contribution is -2.29. The molecule has 9 heteroatoms. The fraction of sp³-hybridized carbons (Fsp3) is 0.261. The molecule has 3 heterocycles. The molecule has 0 aliphatic carbocycles. The SMILES string of the molecule is Cc1ccc(Nc2nccc(-c3ccc(O)c(C#N)c3)n2)cn1.O=C(CO)N1CCCC1. The third-order valence-corrected chi connectivity index (χ3v) is 4.83. The zero-order valence-electron chi connectivity index (χ0n) is 17.7. The number of carbonyl (C=O) groups excluding carboxylic acids is 1. The maximum absolute atomic E-state index is 10.7. The minimum Gasteiger partial charge on any atom is -0.507 e. The van der Waals surface area contributed by atoms with Crippen LogP contribution in [0.4, 0.5) is 11.6 Å². The van der Waals surface area contributed by atoms with Crippen molar-refractivity contribution in [2.45, 2.75) is 19.8 Å². The maximum Gasteiger partial charge on any atom is 0.248 e. The van der Waals surface area contributed by atoms with Gasteiger partial charge in [0, 0.05) is 30.5 Å². The molecule has 0 atom stereocenters. The van der Waals surface area contributed by atoms with E-state index in [4.69, 9.17) is 10.4 Å². The van der Waals surface area contributed by atoms with Crippen molar-refractivity contribution in [1.82, 2.24) is 19.9 Å². The standard InChI is InChI=1S/C17H13N5O.C6H11NO2/c1-11-2-4-14(10-20-11)21-17-19-7-6-15(22-17)12-3-5-16(23)13(8-12)9-18;8-5-6(9)7-3-1-2-4-7/h2-8,10,23H,1H3,(H,19,21,22);8H,1-5H2. The average molecular weight is 432 g/mol. The average Bonchev–Trinajstić information content (AvgIpc) is 3.36. The first kappa shape index (κ1) is 22.7. The van der Waals surface area contributed by atoms with Gasteiger partial charge in [-0.25, -0.2) is 9.97 Å². The lowest BCUT2D eigenvalue weighted by molar-refractivity contribution is -0.133. The molecule has 1 aliphatic rings. The molecular formula is C23H24N6O3. The van der Waals surface area contributed by atoms with Crippen molar-refractivity contribution in [2.24, 2.45) is 0 Å². The summed E-state index contributed by atoms with van der Waals surface area (Å²) in [4.78, 5) is 25.2. The van der Waals surface area contributed by atoms with E-state index in [-0.39, 0.29) is 23.8 Å². The van der Waals surface area contributed by atoms with Crippen LogP contribution in [-0.2, 0) is 4.79 Å². The summed E-state index contributed by atoms with van der Waals surface area (Å²) in [5.74, 6) is 0.252. The molecule has 1 aromatic carbocycles. The minimum atomic E-state index is -0.333. The second-order valence-corrected chi connectivity index (χ2v) is 7.17. The molecular weight excluding hydrogens is 408 g/mol. The second kappa shape index (κ2) is 10.8. The highest BCUT2D eigenvalue weighted by Crippen LogP contribution is 2.25. The smallest absolute Gasteiger partial charge is 0.248 e. The number of pyridine rings is 1. The van der Waals surface area contributed by atoms with Crippen LogP contribution in [0, 0.1) is 18.3 Å². The summed E-state index contributed by atoms with van der Waals surface area (Å²) < 4.78 is 0. The molecule has 0 unspecified atom stereocenters. The molecule has 2 aromatic heterocycles. The Morgan fingerprint density at radius 1 is 1.19 bits per heavy atom. The summed E-state index contributed by atoms with van der Waals surface area (Å²) in [6, 6.07) is 12.3. The Kier molecular flexibility index (Phi) is 7.67. The molecule has 3 aromatic rings. The minimum absolute atomic E-state index is 0.0469. The molecule has 4 rings (SSSR count). The van der Waals surface area contributed by atoms with Gasteiger partial charge in [0.15, 0.2) is 0 Å². The largest absolute Gasteiger partial charge is 0.507 e. The molecule has 1 saturated heterocycles. The summed E-state index contributed by atoms with van der Waals surface area (Å²) in [6.07, 6.45) is 5.52. The van der Waals surface area contributed by atoms with Crippen LogP contribution in [0.15, 0.2) is 48.8 Å². The van der Waals surface area contributed by atoms with Gasteiger partial charge < -0.3 is 20.4 Å². The maximum atomic E-state index is 10.7. The first-order chi connectivity index (χ1) is 15.5. The lowest BCUT2D eigenvalue weighted by Gasteiger charge is -2.11. The van der Waals surface area contributed by atoms with Crippen molar-refractivity contribution in [1.29, 1.82) is 5.26 Å². The number of likely N-dealkylation sites (tertiary alicyclic amines) is 1. The predicted octanol–water partition coefficient (Wildman–Crippen LogP) is 2.77. The normalized spacial score (nSPS) is 12.5. The van der Waals surface area contributed by atoms with Gasteiger partial charge in [0.05, 0.1) is 23.1 Å². The molecule has 3 N–H and O–H groups in total. The van der Waals surface area contributed by atoms with Crippen LogP contribution in [0.1, 0.15) is 24.1 Å². The Morgan fingerprint density at radius 3 is 2.62 bits per heavy atom. The third kappa shape index (κ3) is 6.00. The molecule has 1 amide bonds. The van der Waals surface area contributed by atoms with E-state index in [2.05, 4.69) is 20.3 Å². The van der Waals surface area contributed by atoms with E-state index in [1.807, 2.05) is 25.1 Å². The first-order valence-corrected chi connectivity index (χ1v) is 10.1. The van der Waals surface area contributed by atoms with Crippen LogP contribution in [0.2, 0.25) is 0 Å². The number of aryl methyl sites for hydroxylation is 1. The predicted molar refractivity (Wildman–Crippen MR) is 119 cm³/mol. The van der Waals surface area contributed by atoms with E-state index in [0.717, 1.165) is 42.9 Å². The van der Waals surface area contributed by atoms with Crippen LogP contribution >= 0.6 is 0 Å². The lowest BCUT2D eigenvalue weighted by atomic mass is 10.1. The molecule has 9 nitrogen and oxygen atoms in total. The number of hydrogen-bond acceptors (Lipinski definition) is 8. The van der Waals surface area contributed by atoms with Gasteiger partial charge in [0.25, 0.3) is 0 Å². The van der Waals surface area contributed by atoms with Crippen LogP contribution in [0.3, 0.4) is 0 Å². The number of phenolic OH excluding ortho intramolecular Hbond substituents is 1. The Morgan fingerprint density at radius 2 is 1.97 bits per heavy atom. The second-order valence-electron chi connectivity index (χ2n) is 7.17. The van der Waals surface area contributed by atoms with Crippen molar-refractivity contribution in [2.75, 3.05) is 25.0 Å². The van der Waals surface area contributed by atoms with Crippen molar-refractivity contribution in [3.05, 3.63) is 60.0 Å². The van der Waals surface area contributed by atoms with E-state index in [1.165, 1.54) is 6.07 Å². The van der Waals surface area contributed by atoms with E-state index in [9.17, 15) is 9.90 Å². The summed E-state index contributed by atoms with van der Waals surface area (Å²) in [5.41, 5.74) is 3.30. The molecule has 164 valence electrons. The number of aliphatic hydroxyl groups excluding tert-OH is 1. The fourth-order valence-electron chi connectivity index (χ4n) is 3.10. The number of benzene rings is 1. The number of nitrogens with zero attached hydrogens (tertiary/aromatic N) is 5. The molecule has 0 saturated carbocycles.